The Labute approximate surface area is 192 Å². The minimum atomic E-state index is 0.927. The molecule has 4 heteroatoms. The molecule has 2 nitrogen and oxygen atoms in total. The van der Waals surface area contributed by atoms with E-state index in [1.54, 1.807) is 0 Å². The van der Waals surface area contributed by atoms with Crippen molar-refractivity contribution in [2.75, 3.05) is 0 Å². The SMILES string of the molecule is Cc1ccc(-c2ccc3c(c2)sc2cc4c(cc23)sc2cc(-c3ccc(C)o3)ccc24)o1. The van der Waals surface area contributed by atoms with Gasteiger partial charge in [0.05, 0.1) is 0 Å². The van der Waals surface area contributed by atoms with Crippen LogP contribution in [0.5, 0.6) is 0 Å². The van der Waals surface area contributed by atoms with Crippen molar-refractivity contribution in [1.29, 1.82) is 0 Å². The summed E-state index contributed by atoms with van der Waals surface area (Å²) in [7, 11) is 0. The van der Waals surface area contributed by atoms with E-state index in [4.69, 9.17) is 8.83 Å². The highest BCUT2D eigenvalue weighted by molar-refractivity contribution is 7.27. The second-order valence-electron chi connectivity index (χ2n) is 8.29. The highest BCUT2D eigenvalue weighted by Gasteiger charge is 2.13. The zero-order valence-electron chi connectivity index (χ0n) is 17.6. The first-order valence-electron chi connectivity index (χ1n) is 10.6. The molecule has 0 saturated carbocycles. The summed E-state index contributed by atoms with van der Waals surface area (Å²) in [6.45, 7) is 3.97. The number of thiophene rings is 2. The van der Waals surface area contributed by atoms with Crippen LogP contribution < -0.4 is 0 Å². The van der Waals surface area contributed by atoms with Gasteiger partial charge in [0.2, 0.25) is 0 Å². The van der Waals surface area contributed by atoms with E-state index in [1.807, 2.05) is 60.8 Å². The van der Waals surface area contributed by atoms with Gasteiger partial charge in [0, 0.05) is 51.5 Å². The molecular formula is C28H18O2S2. The summed E-state index contributed by atoms with van der Waals surface area (Å²) in [6, 6.07) is 26.2. The molecule has 0 aliphatic carbocycles. The summed E-state index contributed by atoms with van der Waals surface area (Å²) < 4.78 is 16.9. The third-order valence-corrected chi connectivity index (χ3v) is 8.35. The van der Waals surface area contributed by atoms with Crippen molar-refractivity contribution in [3.05, 3.63) is 84.3 Å². The summed E-state index contributed by atoms with van der Waals surface area (Å²) in [6.07, 6.45) is 0. The Bertz CT molecular complexity index is 1670. The molecule has 0 spiro atoms. The molecule has 154 valence electrons. The van der Waals surface area contributed by atoms with Gasteiger partial charge in [-0.2, -0.15) is 0 Å². The number of benzene rings is 3. The Morgan fingerprint density at radius 2 is 0.906 bits per heavy atom. The Hall–Kier alpha value is -3.34. The Balaban J connectivity index is 1.41. The maximum atomic E-state index is 5.83. The fourth-order valence-corrected chi connectivity index (χ4v) is 6.86. The second kappa shape index (κ2) is 6.58. The molecule has 0 N–H and O–H groups in total. The predicted molar refractivity (Wildman–Crippen MR) is 137 cm³/mol. The van der Waals surface area contributed by atoms with Gasteiger partial charge in [-0.05, 0) is 62.4 Å². The molecule has 3 aromatic carbocycles. The number of rotatable bonds is 2. The van der Waals surface area contributed by atoms with Crippen molar-refractivity contribution < 1.29 is 8.83 Å². The Morgan fingerprint density at radius 3 is 1.31 bits per heavy atom. The van der Waals surface area contributed by atoms with Crippen LogP contribution in [0.3, 0.4) is 0 Å². The lowest BCUT2D eigenvalue weighted by Gasteiger charge is -1.98. The fourth-order valence-electron chi connectivity index (χ4n) is 4.53. The van der Waals surface area contributed by atoms with Crippen molar-refractivity contribution in [2.45, 2.75) is 13.8 Å². The molecule has 0 aliphatic rings. The van der Waals surface area contributed by atoms with Gasteiger partial charge in [-0.25, -0.2) is 0 Å². The largest absolute Gasteiger partial charge is 0.461 e. The molecule has 7 aromatic rings. The number of aryl methyl sites for hydroxylation is 2. The lowest BCUT2D eigenvalue weighted by molar-refractivity contribution is 0.548. The lowest BCUT2D eigenvalue weighted by atomic mass is 10.1. The van der Waals surface area contributed by atoms with E-state index in [1.165, 1.54) is 40.3 Å². The van der Waals surface area contributed by atoms with Crippen LogP contribution in [0.2, 0.25) is 0 Å². The van der Waals surface area contributed by atoms with Gasteiger partial charge in [-0.15, -0.1) is 22.7 Å². The van der Waals surface area contributed by atoms with E-state index in [0.717, 1.165) is 34.2 Å². The summed E-state index contributed by atoms with van der Waals surface area (Å²) in [5, 5.41) is 5.27. The van der Waals surface area contributed by atoms with E-state index < -0.39 is 0 Å². The monoisotopic (exact) mass is 450 g/mol. The quantitative estimate of drug-likeness (QED) is 0.262. The van der Waals surface area contributed by atoms with Crippen LogP contribution in [-0.4, -0.2) is 0 Å². The molecule has 0 bridgehead atoms. The zero-order valence-corrected chi connectivity index (χ0v) is 19.2. The van der Waals surface area contributed by atoms with Gasteiger partial charge in [0.25, 0.3) is 0 Å². The highest BCUT2D eigenvalue weighted by atomic mass is 32.1. The van der Waals surface area contributed by atoms with Crippen molar-refractivity contribution in [3.8, 4) is 22.6 Å². The van der Waals surface area contributed by atoms with Gasteiger partial charge in [0.1, 0.15) is 23.0 Å². The average Bonchev–Trinajstić information content (AvgIpc) is 3.56. The highest BCUT2D eigenvalue weighted by Crippen LogP contribution is 2.43. The summed E-state index contributed by atoms with van der Waals surface area (Å²) in [5.41, 5.74) is 2.26. The van der Waals surface area contributed by atoms with Gasteiger partial charge in [-0.1, -0.05) is 24.3 Å². The van der Waals surface area contributed by atoms with Crippen molar-refractivity contribution >= 4 is 63.0 Å². The van der Waals surface area contributed by atoms with Crippen molar-refractivity contribution in [2.24, 2.45) is 0 Å². The number of fused-ring (bicyclic) bond motifs is 6. The van der Waals surface area contributed by atoms with Crippen LogP contribution in [0, 0.1) is 13.8 Å². The normalized spacial score (nSPS) is 12.1. The predicted octanol–water partition coefficient (Wildman–Crippen LogP) is 9.56. The third kappa shape index (κ3) is 2.70. The third-order valence-electron chi connectivity index (χ3n) is 6.11. The van der Waals surface area contributed by atoms with Crippen LogP contribution in [0.1, 0.15) is 11.5 Å². The molecule has 32 heavy (non-hydrogen) atoms. The zero-order chi connectivity index (χ0) is 21.4. The first kappa shape index (κ1) is 18.3. The first-order valence-corrected chi connectivity index (χ1v) is 12.2. The molecule has 0 aliphatic heterocycles. The number of hydrogen-bond acceptors (Lipinski definition) is 4. The van der Waals surface area contributed by atoms with Crippen LogP contribution in [-0.2, 0) is 0 Å². The topological polar surface area (TPSA) is 26.3 Å². The van der Waals surface area contributed by atoms with Crippen LogP contribution >= 0.6 is 22.7 Å². The Kier molecular flexibility index (Phi) is 3.75. The van der Waals surface area contributed by atoms with E-state index in [9.17, 15) is 0 Å². The van der Waals surface area contributed by atoms with Gasteiger partial charge < -0.3 is 8.83 Å². The van der Waals surface area contributed by atoms with Crippen LogP contribution in [0.25, 0.3) is 63.0 Å². The molecule has 0 unspecified atom stereocenters. The van der Waals surface area contributed by atoms with E-state index in [2.05, 4.69) is 48.5 Å². The molecule has 0 atom stereocenters. The van der Waals surface area contributed by atoms with Crippen molar-refractivity contribution in [1.82, 2.24) is 0 Å². The Morgan fingerprint density at radius 1 is 0.469 bits per heavy atom. The van der Waals surface area contributed by atoms with Gasteiger partial charge in [-0.3, -0.25) is 0 Å². The smallest absolute Gasteiger partial charge is 0.134 e. The van der Waals surface area contributed by atoms with Crippen LogP contribution in [0.15, 0.2) is 81.6 Å². The molecule has 0 radical (unpaired) electrons. The average molecular weight is 451 g/mol. The van der Waals surface area contributed by atoms with E-state index in [-0.39, 0.29) is 0 Å². The molecular weight excluding hydrogens is 432 g/mol. The minimum Gasteiger partial charge on any atom is -0.461 e. The molecule has 0 amide bonds. The summed E-state index contributed by atoms with van der Waals surface area (Å²) in [5.74, 6) is 3.73. The number of hydrogen-bond donors (Lipinski definition) is 0. The van der Waals surface area contributed by atoms with E-state index >= 15 is 0 Å². The van der Waals surface area contributed by atoms with Crippen LogP contribution in [0.4, 0.5) is 0 Å². The molecule has 0 saturated heterocycles. The summed E-state index contributed by atoms with van der Waals surface area (Å²) >= 11 is 3.71. The molecule has 7 rings (SSSR count). The second-order valence-corrected chi connectivity index (χ2v) is 10.5. The fraction of sp³-hybridized carbons (Fsp3) is 0.0714. The lowest BCUT2D eigenvalue weighted by Crippen LogP contribution is -1.74. The minimum absolute atomic E-state index is 0.927. The maximum absolute atomic E-state index is 5.83. The summed E-state index contributed by atoms with van der Waals surface area (Å²) in [4.78, 5) is 0. The van der Waals surface area contributed by atoms with Gasteiger partial charge in [0.15, 0.2) is 0 Å². The standard InChI is InChI=1S/C28H18O2S2/c1-15-3-9-23(29-15)17-5-7-19-21-13-28-22(14-27(21)31-25(19)11-17)20-8-6-18(12-26(20)32-28)24-10-4-16(2)30-24/h3-14H,1-2H3. The van der Waals surface area contributed by atoms with Crippen molar-refractivity contribution in [3.63, 3.8) is 0 Å². The molecule has 4 heterocycles. The van der Waals surface area contributed by atoms with E-state index in [0.29, 0.717) is 0 Å². The van der Waals surface area contributed by atoms with Gasteiger partial charge >= 0.3 is 0 Å². The molecule has 0 fully saturated rings. The maximum Gasteiger partial charge on any atom is 0.134 e. The molecule has 4 aromatic heterocycles. The first-order chi connectivity index (χ1) is 15.6. The number of furan rings is 2.